The molecule has 6 nitrogen and oxygen atoms in total. The van der Waals surface area contributed by atoms with Gasteiger partial charge in [0.05, 0.1) is 12.1 Å². The van der Waals surface area contributed by atoms with Crippen molar-refractivity contribution in [3.63, 3.8) is 0 Å². The van der Waals surface area contributed by atoms with E-state index >= 15 is 0 Å². The summed E-state index contributed by atoms with van der Waals surface area (Å²) in [5.74, 6) is 0.554. The fourth-order valence-corrected chi connectivity index (χ4v) is 2.92. The van der Waals surface area contributed by atoms with E-state index < -0.39 is 0 Å². The van der Waals surface area contributed by atoms with Gasteiger partial charge in [0.1, 0.15) is 12.4 Å². The van der Waals surface area contributed by atoms with Crippen LogP contribution in [0.3, 0.4) is 0 Å². The quantitative estimate of drug-likeness (QED) is 0.735. The van der Waals surface area contributed by atoms with Crippen LogP contribution >= 0.6 is 0 Å². The molecule has 0 bridgehead atoms. The summed E-state index contributed by atoms with van der Waals surface area (Å²) in [5.41, 5.74) is 10.1. The average molecular weight is 354 g/mol. The molecule has 138 valence electrons. The monoisotopic (exact) mass is 354 g/mol. The molecule has 0 spiro atoms. The Kier molecular flexibility index (Phi) is 5.75. The van der Waals surface area contributed by atoms with Gasteiger partial charge in [-0.15, -0.1) is 0 Å². The largest absolute Gasteiger partial charge is 0.491 e. The number of hydrogen-bond donors (Lipinski definition) is 3. The molecule has 1 atom stereocenters. The lowest BCUT2D eigenvalue weighted by molar-refractivity contribution is 0.0957. The fourth-order valence-electron chi connectivity index (χ4n) is 2.92. The number of benzene rings is 2. The number of carbonyl (C=O) groups is 1. The van der Waals surface area contributed by atoms with E-state index in [4.69, 9.17) is 10.5 Å². The summed E-state index contributed by atoms with van der Waals surface area (Å²) in [6, 6.07) is 13.9. The van der Waals surface area contributed by atoms with E-state index in [-0.39, 0.29) is 11.9 Å². The number of rotatable bonds is 6. The molecule has 6 heteroatoms. The molecule has 1 aliphatic heterocycles. The number of anilines is 1. The van der Waals surface area contributed by atoms with E-state index in [0.29, 0.717) is 37.6 Å². The molecule has 1 unspecified atom stereocenters. The third-order valence-corrected chi connectivity index (χ3v) is 4.46. The number of hydrogen-bond acceptors (Lipinski definition) is 5. The minimum Gasteiger partial charge on any atom is -0.491 e. The smallest absolute Gasteiger partial charge is 0.255 e. The van der Waals surface area contributed by atoms with Crippen molar-refractivity contribution >= 4 is 11.6 Å². The maximum atomic E-state index is 12.1. The standard InChI is InChI=1S/C20H26N4O2/c1-24(2)16-6-4-15(5-7-16)18(21)13-22-12-14-3-8-19-17(11-14)20(25)23-9-10-26-19/h3-8,11,18,22H,9-10,12-13,21H2,1-2H3,(H,23,25). The summed E-state index contributed by atoms with van der Waals surface area (Å²) < 4.78 is 5.57. The van der Waals surface area contributed by atoms with E-state index in [1.807, 2.05) is 32.3 Å². The van der Waals surface area contributed by atoms with Crippen molar-refractivity contribution in [3.05, 3.63) is 59.2 Å². The highest BCUT2D eigenvalue weighted by Crippen LogP contribution is 2.22. The van der Waals surface area contributed by atoms with Crippen LogP contribution in [0.15, 0.2) is 42.5 Å². The highest BCUT2D eigenvalue weighted by Gasteiger charge is 2.16. The molecule has 1 amide bonds. The van der Waals surface area contributed by atoms with Crippen molar-refractivity contribution in [2.24, 2.45) is 5.73 Å². The number of nitrogens with one attached hydrogen (secondary N) is 2. The number of ether oxygens (including phenoxy) is 1. The highest BCUT2D eigenvalue weighted by atomic mass is 16.5. The van der Waals surface area contributed by atoms with E-state index in [0.717, 1.165) is 16.8 Å². The fraction of sp³-hybridized carbons (Fsp3) is 0.350. The van der Waals surface area contributed by atoms with Crippen LogP contribution in [0.2, 0.25) is 0 Å². The van der Waals surface area contributed by atoms with Crippen molar-refractivity contribution < 1.29 is 9.53 Å². The Hall–Kier alpha value is -2.57. The molecule has 0 aliphatic carbocycles. The van der Waals surface area contributed by atoms with Crippen LogP contribution in [0.5, 0.6) is 5.75 Å². The summed E-state index contributed by atoms with van der Waals surface area (Å²) in [6.45, 7) is 2.32. The van der Waals surface area contributed by atoms with Crippen LogP contribution < -0.4 is 26.0 Å². The zero-order valence-corrected chi connectivity index (χ0v) is 15.3. The van der Waals surface area contributed by atoms with Crippen LogP contribution in [0.1, 0.15) is 27.5 Å². The van der Waals surface area contributed by atoms with Crippen molar-refractivity contribution in [1.82, 2.24) is 10.6 Å². The van der Waals surface area contributed by atoms with Gasteiger partial charge in [-0.3, -0.25) is 4.79 Å². The molecular weight excluding hydrogens is 328 g/mol. The van der Waals surface area contributed by atoms with Gasteiger partial charge in [0, 0.05) is 38.9 Å². The average Bonchev–Trinajstić information content (AvgIpc) is 2.83. The summed E-state index contributed by atoms with van der Waals surface area (Å²) in [5, 5.41) is 6.20. The zero-order valence-electron chi connectivity index (χ0n) is 15.3. The van der Waals surface area contributed by atoms with Crippen LogP contribution in [-0.4, -0.2) is 39.7 Å². The first kappa shape index (κ1) is 18.2. The van der Waals surface area contributed by atoms with E-state index in [2.05, 4.69) is 39.8 Å². The lowest BCUT2D eigenvalue weighted by Crippen LogP contribution is -2.27. The molecule has 26 heavy (non-hydrogen) atoms. The number of nitrogens with zero attached hydrogens (tertiary/aromatic N) is 1. The molecule has 3 rings (SSSR count). The molecule has 0 aromatic heterocycles. The summed E-state index contributed by atoms with van der Waals surface area (Å²) >= 11 is 0. The van der Waals surface area contributed by atoms with E-state index in [1.54, 1.807) is 0 Å². The molecular formula is C20H26N4O2. The van der Waals surface area contributed by atoms with Crippen LogP contribution in [0.4, 0.5) is 5.69 Å². The SMILES string of the molecule is CN(C)c1ccc(C(N)CNCc2ccc3c(c2)C(=O)NCCO3)cc1. The van der Waals surface area contributed by atoms with Crippen molar-refractivity contribution in [2.75, 3.05) is 38.7 Å². The second-order valence-corrected chi connectivity index (χ2v) is 6.66. The van der Waals surface area contributed by atoms with Crippen LogP contribution in [-0.2, 0) is 6.54 Å². The molecule has 0 radical (unpaired) electrons. The van der Waals surface area contributed by atoms with Gasteiger partial charge in [0.15, 0.2) is 0 Å². The van der Waals surface area contributed by atoms with Gasteiger partial charge in [0.2, 0.25) is 0 Å². The van der Waals surface area contributed by atoms with Gasteiger partial charge >= 0.3 is 0 Å². The topological polar surface area (TPSA) is 79.6 Å². The number of carbonyl (C=O) groups excluding carboxylic acids is 1. The second-order valence-electron chi connectivity index (χ2n) is 6.66. The highest BCUT2D eigenvalue weighted by molar-refractivity contribution is 5.97. The maximum absolute atomic E-state index is 12.1. The van der Waals surface area contributed by atoms with Crippen molar-refractivity contribution in [1.29, 1.82) is 0 Å². The van der Waals surface area contributed by atoms with Gasteiger partial charge in [-0.2, -0.15) is 0 Å². The van der Waals surface area contributed by atoms with Gasteiger partial charge in [-0.05, 0) is 35.4 Å². The van der Waals surface area contributed by atoms with Crippen LogP contribution in [0.25, 0.3) is 0 Å². The molecule has 0 fully saturated rings. The van der Waals surface area contributed by atoms with E-state index in [9.17, 15) is 4.79 Å². The minimum atomic E-state index is -0.0861. The Morgan fingerprint density at radius 1 is 1.23 bits per heavy atom. The first-order valence-corrected chi connectivity index (χ1v) is 8.82. The number of fused-ring (bicyclic) bond motifs is 1. The lowest BCUT2D eigenvalue weighted by atomic mass is 10.1. The molecule has 2 aromatic rings. The number of nitrogens with two attached hydrogens (primary N) is 1. The molecule has 1 heterocycles. The number of amides is 1. The van der Waals surface area contributed by atoms with Crippen molar-refractivity contribution in [3.8, 4) is 5.75 Å². The maximum Gasteiger partial charge on any atom is 0.255 e. The Morgan fingerprint density at radius 2 is 2.00 bits per heavy atom. The first-order chi connectivity index (χ1) is 12.5. The predicted molar refractivity (Wildman–Crippen MR) is 104 cm³/mol. The first-order valence-electron chi connectivity index (χ1n) is 8.82. The van der Waals surface area contributed by atoms with Crippen LogP contribution in [0, 0.1) is 0 Å². The Labute approximate surface area is 154 Å². The molecule has 0 saturated heterocycles. The summed E-state index contributed by atoms with van der Waals surface area (Å²) in [4.78, 5) is 14.1. The molecule has 2 aromatic carbocycles. The zero-order chi connectivity index (χ0) is 18.5. The van der Waals surface area contributed by atoms with Crippen molar-refractivity contribution in [2.45, 2.75) is 12.6 Å². The summed E-state index contributed by atoms with van der Waals surface area (Å²) in [6.07, 6.45) is 0. The Bertz CT molecular complexity index is 759. The Morgan fingerprint density at radius 3 is 2.73 bits per heavy atom. The minimum absolute atomic E-state index is 0.0846. The molecule has 0 saturated carbocycles. The van der Waals surface area contributed by atoms with Gasteiger partial charge in [-0.1, -0.05) is 18.2 Å². The summed E-state index contributed by atoms with van der Waals surface area (Å²) in [7, 11) is 4.03. The van der Waals surface area contributed by atoms with Gasteiger partial charge in [0.25, 0.3) is 5.91 Å². The third kappa shape index (κ3) is 4.33. The van der Waals surface area contributed by atoms with Gasteiger partial charge in [-0.25, -0.2) is 0 Å². The lowest BCUT2D eigenvalue weighted by Gasteiger charge is -2.16. The van der Waals surface area contributed by atoms with Gasteiger partial charge < -0.3 is 26.0 Å². The Balaban J connectivity index is 1.57. The molecule has 1 aliphatic rings. The second kappa shape index (κ2) is 8.21. The normalized spacial score (nSPS) is 14.7. The third-order valence-electron chi connectivity index (χ3n) is 4.46. The predicted octanol–water partition coefficient (Wildman–Crippen LogP) is 1.66. The van der Waals surface area contributed by atoms with E-state index in [1.165, 1.54) is 0 Å². The molecule has 4 N–H and O–H groups in total.